The summed E-state index contributed by atoms with van der Waals surface area (Å²) in [6.07, 6.45) is 3.66. The fourth-order valence-electron chi connectivity index (χ4n) is 4.38. The number of carbonyl (C=O) groups excluding carboxylic acids is 1. The Kier molecular flexibility index (Phi) is 4.69. The van der Waals surface area contributed by atoms with Crippen LogP contribution in [0.1, 0.15) is 24.1 Å². The van der Waals surface area contributed by atoms with E-state index in [9.17, 15) is 4.79 Å². The van der Waals surface area contributed by atoms with Crippen LogP contribution in [-0.4, -0.2) is 40.6 Å². The minimum atomic E-state index is -0.0702. The van der Waals surface area contributed by atoms with E-state index in [1.807, 2.05) is 49.1 Å². The summed E-state index contributed by atoms with van der Waals surface area (Å²) >= 11 is 0. The average molecular weight is 407 g/mol. The molecule has 1 fully saturated rings. The first-order valence-electron chi connectivity index (χ1n) is 10.3. The van der Waals surface area contributed by atoms with Gasteiger partial charge in [0.1, 0.15) is 5.52 Å². The summed E-state index contributed by atoms with van der Waals surface area (Å²) in [5, 5.41) is 8.73. The number of anilines is 1. The van der Waals surface area contributed by atoms with E-state index in [2.05, 4.69) is 20.3 Å². The number of aromatic nitrogens is 3. The molecule has 8 nitrogen and oxygen atoms in total. The number of rotatable bonds is 4. The number of piperidine rings is 1. The summed E-state index contributed by atoms with van der Waals surface area (Å²) in [5.41, 5.74) is 3.01. The number of nitrogens with one attached hydrogen (secondary N) is 1. The van der Waals surface area contributed by atoms with Crippen LogP contribution in [0.2, 0.25) is 0 Å². The number of nitrogens with zero attached hydrogens (tertiary/aromatic N) is 4. The molecule has 1 saturated heterocycles. The number of hydrogen-bond donors (Lipinski definition) is 1. The third-order valence-electron chi connectivity index (χ3n) is 5.91. The summed E-state index contributed by atoms with van der Waals surface area (Å²) in [6.45, 7) is 4.28. The Morgan fingerprint density at radius 3 is 3.03 bits per heavy atom. The topological polar surface area (TPSA) is 81.5 Å². The highest BCUT2D eigenvalue weighted by Crippen LogP contribution is 2.33. The van der Waals surface area contributed by atoms with Gasteiger partial charge in [-0.05, 0) is 43.5 Å². The second-order valence-corrected chi connectivity index (χ2v) is 7.93. The van der Waals surface area contributed by atoms with Crippen molar-refractivity contribution in [2.75, 3.05) is 24.8 Å². The van der Waals surface area contributed by atoms with E-state index >= 15 is 0 Å². The third kappa shape index (κ3) is 3.32. The molecule has 5 rings (SSSR count). The lowest BCUT2D eigenvalue weighted by Crippen LogP contribution is -2.43. The van der Waals surface area contributed by atoms with Gasteiger partial charge < -0.3 is 19.7 Å². The van der Waals surface area contributed by atoms with E-state index in [4.69, 9.17) is 9.47 Å². The maximum Gasteiger partial charge on any atom is 0.231 e. The molecule has 30 heavy (non-hydrogen) atoms. The van der Waals surface area contributed by atoms with Crippen LogP contribution in [0.25, 0.3) is 10.9 Å². The van der Waals surface area contributed by atoms with E-state index in [1.165, 1.54) is 0 Å². The van der Waals surface area contributed by atoms with Gasteiger partial charge in [-0.15, -0.1) is 0 Å². The Labute approximate surface area is 174 Å². The van der Waals surface area contributed by atoms with Crippen LogP contribution < -0.4 is 19.7 Å². The van der Waals surface area contributed by atoms with Gasteiger partial charge in [0.15, 0.2) is 17.3 Å². The molecule has 1 atom stereocenters. The van der Waals surface area contributed by atoms with Gasteiger partial charge in [-0.25, -0.2) is 4.98 Å². The summed E-state index contributed by atoms with van der Waals surface area (Å²) in [5.74, 6) is 2.39. The third-order valence-corrected chi connectivity index (χ3v) is 5.91. The van der Waals surface area contributed by atoms with Crippen molar-refractivity contribution in [1.82, 2.24) is 20.1 Å². The molecule has 1 unspecified atom stereocenters. The van der Waals surface area contributed by atoms with Gasteiger partial charge in [0.25, 0.3) is 0 Å². The first-order valence-corrected chi connectivity index (χ1v) is 10.3. The Morgan fingerprint density at radius 2 is 2.13 bits per heavy atom. The highest BCUT2D eigenvalue weighted by atomic mass is 16.7. The number of benzene rings is 1. The molecule has 0 radical (unpaired) electrons. The van der Waals surface area contributed by atoms with Crippen LogP contribution in [0.5, 0.6) is 11.5 Å². The Balaban J connectivity index is 1.28. The van der Waals surface area contributed by atoms with Crippen molar-refractivity contribution in [2.24, 2.45) is 13.0 Å². The zero-order valence-corrected chi connectivity index (χ0v) is 17.2. The molecule has 0 bridgehead atoms. The summed E-state index contributed by atoms with van der Waals surface area (Å²) in [7, 11) is 1.94. The van der Waals surface area contributed by atoms with Crippen LogP contribution >= 0.6 is 0 Å². The Bertz CT molecular complexity index is 1110. The van der Waals surface area contributed by atoms with Crippen molar-refractivity contribution in [2.45, 2.75) is 26.3 Å². The maximum atomic E-state index is 12.9. The first-order chi connectivity index (χ1) is 14.6. The fraction of sp³-hybridized carbons (Fsp3) is 0.409. The van der Waals surface area contributed by atoms with Gasteiger partial charge in [0.2, 0.25) is 12.7 Å². The van der Waals surface area contributed by atoms with E-state index < -0.39 is 0 Å². The SMILES string of the molecule is Cc1nn(C)c2c(N3CCCC(C(=O)NCc4ccc5c(c4)OCO5)C3)nccc12. The molecule has 0 aliphatic carbocycles. The molecule has 8 heteroatoms. The van der Waals surface area contributed by atoms with Gasteiger partial charge in [-0.2, -0.15) is 5.10 Å². The summed E-state index contributed by atoms with van der Waals surface area (Å²) < 4.78 is 12.6. The lowest BCUT2D eigenvalue weighted by molar-refractivity contribution is -0.125. The zero-order valence-electron chi connectivity index (χ0n) is 17.2. The van der Waals surface area contributed by atoms with Crippen LogP contribution in [-0.2, 0) is 18.4 Å². The second kappa shape index (κ2) is 7.51. The van der Waals surface area contributed by atoms with Gasteiger partial charge >= 0.3 is 0 Å². The highest BCUT2D eigenvalue weighted by Gasteiger charge is 2.28. The molecular formula is C22H25N5O3. The van der Waals surface area contributed by atoms with Gasteiger partial charge in [0, 0.05) is 38.3 Å². The van der Waals surface area contributed by atoms with Crippen LogP contribution in [0.4, 0.5) is 5.82 Å². The number of aryl methyl sites for hydroxylation is 2. The van der Waals surface area contributed by atoms with Gasteiger partial charge in [-0.3, -0.25) is 9.48 Å². The number of hydrogen-bond acceptors (Lipinski definition) is 6. The van der Waals surface area contributed by atoms with Crippen LogP contribution in [0.15, 0.2) is 30.5 Å². The molecule has 1 amide bonds. The minimum Gasteiger partial charge on any atom is -0.454 e. The lowest BCUT2D eigenvalue weighted by Gasteiger charge is -2.33. The largest absolute Gasteiger partial charge is 0.454 e. The van der Waals surface area contributed by atoms with Crippen molar-refractivity contribution in [3.8, 4) is 11.5 Å². The number of pyridine rings is 1. The fourth-order valence-corrected chi connectivity index (χ4v) is 4.38. The first kappa shape index (κ1) is 18.7. The molecule has 0 spiro atoms. The standard InChI is InChI=1S/C22H25N5O3/c1-14-17-7-8-23-21(20(17)26(2)25-14)27-9-3-4-16(12-27)22(28)24-11-15-5-6-18-19(10-15)30-13-29-18/h5-8,10,16H,3-4,9,11-13H2,1-2H3,(H,24,28). The number of amides is 1. The minimum absolute atomic E-state index is 0.0702. The van der Waals surface area contributed by atoms with E-state index in [0.29, 0.717) is 13.1 Å². The quantitative estimate of drug-likeness (QED) is 0.716. The second-order valence-electron chi connectivity index (χ2n) is 7.93. The number of fused-ring (bicyclic) bond motifs is 2. The smallest absolute Gasteiger partial charge is 0.231 e. The molecule has 1 aromatic carbocycles. The van der Waals surface area contributed by atoms with E-state index in [0.717, 1.165) is 58.9 Å². The van der Waals surface area contributed by atoms with E-state index in [1.54, 1.807) is 0 Å². The van der Waals surface area contributed by atoms with Gasteiger partial charge in [-0.1, -0.05) is 6.07 Å². The number of carbonyl (C=O) groups is 1. The predicted molar refractivity (Wildman–Crippen MR) is 113 cm³/mol. The monoisotopic (exact) mass is 407 g/mol. The maximum absolute atomic E-state index is 12.9. The Hall–Kier alpha value is -3.29. The molecule has 3 aromatic rings. The van der Waals surface area contributed by atoms with Crippen molar-refractivity contribution in [1.29, 1.82) is 0 Å². The van der Waals surface area contributed by atoms with Crippen molar-refractivity contribution in [3.05, 3.63) is 41.7 Å². The average Bonchev–Trinajstić information content (AvgIpc) is 3.35. The van der Waals surface area contributed by atoms with Crippen molar-refractivity contribution < 1.29 is 14.3 Å². The van der Waals surface area contributed by atoms with Crippen molar-refractivity contribution >= 4 is 22.6 Å². The highest BCUT2D eigenvalue weighted by molar-refractivity contribution is 5.91. The zero-order chi connectivity index (χ0) is 20.7. The summed E-state index contributed by atoms with van der Waals surface area (Å²) in [4.78, 5) is 19.7. The molecule has 1 N–H and O–H groups in total. The van der Waals surface area contributed by atoms with E-state index in [-0.39, 0.29) is 18.6 Å². The Morgan fingerprint density at radius 1 is 1.27 bits per heavy atom. The molecule has 156 valence electrons. The summed E-state index contributed by atoms with van der Waals surface area (Å²) in [6, 6.07) is 7.76. The molecule has 0 saturated carbocycles. The normalized spacial score (nSPS) is 18.1. The molecule has 2 aliphatic rings. The molecule has 2 aromatic heterocycles. The molecule has 2 aliphatic heterocycles. The van der Waals surface area contributed by atoms with Crippen LogP contribution in [0, 0.1) is 12.8 Å². The van der Waals surface area contributed by atoms with Crippen LogP contribution in [0.3, 0.4) is 0 Å². The lowest BCUT2D eigenvalue weighted by atomic mass is 9.97. The number of ether oxygens (including phenoxy) is 2. The predicted octanol–water partition coefficient (Wildman–Crippen LogP) is 2.54. The van der Waals surface area contributed by atoms with Crippen molar-refractivity contribution in [3.63, 3.8) is 0 Å². The van der Waals surface area contributed by atoms with Gasteiger partial charge in [0.05, 0.1) is 11.6 Å². The molecular weight excluding hydrogens is 382 g/mol. The molecule has 4 heterocycles.